The first-order valence-corrected chi connectivity index (χ1v) is 8.40. The number of H-pyrrole nitrogens is 1. The number of benzene rings is 1. The second kappa shape index (κ2) is 4.89. The van der Waals surface area contributed by atoms with Crippen LogP contribution in [-0.2, 0) is 4.79 Å². The molecule has 116 valence electrons. The molecule has 1 fully saturated rings. The van der Waals surface area contributed by atoms with E-state index >= 15 is 0 Å². The van der Waals surface area contributed by atoms with Gasteiger partial charge in [0.15, 0.2) is 5.69 Å². The lowest BCUT2D eigenvalue weighted by Gasteiger charge is -2.05. The molecule has 2 N–H and O–H groups in total. The number of carbonyl (C=O) groups excluding carboxylic acids is 1. The predicted octanol–water partition coefficient (Wildman–Crippen LogP) is 5.00. The number of halogens is 2. The quantitative estimate of drug-likeness (QED) is 0.521. The number of aromatic amines is 1. The largest absolute Gasteiger partial charge is 0.493 e. The van der Waals surface area contributed by atoms with Crippen LogP contribution in [0.2, 0.25) is 0 Å². The monoisotopic (exact) mass is 427 g/mol. The topological polar surface area (TPSA) is 77.8 Å². The van der Waals surface area contributed by atoms with Crippen LogP contribution < -0.4 is 0 Å². The number of fused-ring (bicyclic) bond motifs is 1. The van der Waals surface area contributed by atoms with Gasteiger partial charge >= 0.3 is 0 Å². The minimum atomic E-state index is -0.607. The highest BCUT2D eigenvalue weighted by Crippen LogP contribution is 2.66. The van der Waals surface area contributed by atoms with Gasteiger partial charge in [-0.2, -0.15) is 0 Å². The smallest absolute Gasteiger partial charge is 0.272 e. The number of carbonyl (C=O) groups is 1. The average molecular weight is 429 g/mol. The van der Waals surface area contributed by atoms with Crippen molar-refractivity contribution in [2.24, 2.45) is 15.6 Å². The van der Waals surface area contributed by atoms with E-state index in [1.165, 1.54) is 0 Å². The highest BCUT2D eigenvalue weighted by atomic mass is 79.9. The van der Waals surface area contributed by atoms with Crippen molar-refractivity contribution in [3.8, 4) is 5.88 Å². The zero-order chi connectivity index (χ0) is 16.3. The summed E-state index contributed by atoms with van der Waals surface area (Å²) >= 11 is 6.88. The number of amides is 1. The van der Waals surface area contributed by atoms with Gasteiger partial charge in [0.2, 0.25) is 5.88 Å². The van der Waals surface area contributed by atoms with E-state index in [-0.39, 0.29) is 11.8 Å². The summed E-state index contributed by atoms with van der Waals surface area (Å²) in [6.07, 6.45) is 0.649. The molecular weight excluding hydrogens is 414 g/mol. The Kier molecular flexibility index (Phi) is 3.49. The first kappa shape index (κ1) is 15.7. The summed E-state index contributed by atoms with van der Waals surface area (Å²) in [5.74, 6) is -0.399. The molecule has 5 nitrogen and oxygen atoms in total. The molecule has 0 radical (unpaired) electrons. The molecule has 0 unspecified atom stereocenters. The Morgan fingerprint density at radius 1 is 1.36 bits per heavy atom. The number of nitrogens with one attached hydrogen (secondary N) is 1. The second-order valence-electron chi connectivity index (χ2n) is 6.05. The van der Waals surface area contributed by atoms with Crippen LogP contribution in [0.3, 0.4) is 0 Å². The van der Waals surface area contributed by atoms with E-state index < -0.39 is 8.65 Å². The van der Waals surface area contributed by atoms with Gasteiger partial charge in [-0.3, -0.25) is 4.79 Å². The lowest BCUT2D eigenvalue weighted by Crippen LogP contribution is -2.14. The van der Waals surface area contributed by atoms with E-state index in [1.54, 1.807) is 0 Å². The van der Waals surface area contributed by atoms with Gasteiger partial charge in [0.25, 0.3) is 5.91 Å². The predicted molar refractivity (Wildman–Crippen MR) is 92.3 cm³/mol. The molecule has 1 aliphatic rings. The van der Waals surface area contributed by atoms with E-state index in [1.807, 2.05) is 32.9 Å². The molecule has 1 atom stereocenters. The molecule has 0 bridgehead atoms. The molecule has 1 aromatic carbocycles. The lowest BCUT2D eigenvalue weighted by atomic mass is 10.1. The second-order valence-corrected chi connectivity index (χ2v) is 9.82. The molecule has 22 heavy (non-hydrogen) atoms. The normalized spacial score (nSPS) is 23.3. The minimum Gasteiger partial charge on any atom is -0.493 e. The molecule has 3 rings (SSSR count). The summed E-state index contributed by atoms with van der Waals surface area (Å²) in [6.45, 7) is 5.74. The number of aryl methyl sites for hydroxylation is 2. The summed E-state index contributed by atoms with van der Waals surface area (Å²) in [4.78, 5) is 15.1. The van der Waals surface area contributed by atoms with Gasteiger partial charge in [-0.25, -0.2) is 0 Å². The van der Waals surface area contributed by atoms with Crippen LogP contribution in [0, 0.1) is 19.3 Å². The highest BCUT2D eigenvalue weighted by Gasteiger charge is 2.67. The van der Waals surface area contributed by atoms with Crippen LogP contribution in [0.1, 0.15) is 24.5 Å². The van der Waals surface area contributed by atoms with Crippen molar-refractivity contribution in [1.29, 1.82) is 0 Å². The first-order chi connectivity index (χ1) is 10.2. The van der Waals surface area contributed by atoms with Crippen LogP contribution in [0.15, 0.2) is 22.4 Å². The van der Waals surface area contributed by atoms with Crippen molar-refractivity contribution in [3.63, 3.8) is 0 Å². The third kappa shape index (κ3) is 2.31. The van der Waals surface area contributed by atoms with Gasteiger partial charge in [0, 0.05) is 5.39 Å². The third-order valence-corrected chi connectivity index (χ3v) is 6.48. The summed E-state index contributed by atoms with van der Waals surface area (Å²) in [5.41, 5.74) is 2.56. The van der Waals surface area contributed by atoms with Crippen molar-refractivity contribution in [2.45, 2.75) is 30.4 Å². The fourth-order valence-electron chi connectivity index (χ4n) is 2.56. The number of hydrogen-bond donors (Lipinski definition) is 2. The van der Waals surface area contributed by atoms with Crippen LogP contribution in [0.25, 0.3) is 10.9 Å². The number of aromatic nitrogens is 1. The molecular formula is C15H15Br2N3O2. The van der Waals surface area contributed by atoms with Gasteiger partial charge in [-0.05, 0) is 38.8 Å². The number of alkyl halides is 2. The van der Waals surface area contributed by atoms with E-state index in [0.29, 0.717) is 12.1 Å². The fraction of sp³-hybridized carbons (Fsp3) is 0.400. The van der Waals surface area contributed by atoms with Crippen LogP contribution in [0.5, 0.6) is 5.88 Å². The fourth-order valence-corrected chi connectivity index (χ4v) is 4.03. The summed E-state index contributed by atoms with van der Waals surface area (Å²) in [6, 6.07) is 3.93. The Morgan fingerprint density at radius 3 is 2.59 bits per heavy atom. The molecule has 7 heteroatoms. The molecule has 1 aromatic heterocycles. The zero-order valence-electron chi connectivity index (χ0n) is 12.4. The number of rotatable bonds is 2. The SMILES string of the molecule is Cc1cc(C)c2[nH]c(O)c(N=NC(=O)[C@@]3(C)CC3(Br)Br)c2c1. The maximum atomic E-state index is 12.2. The van der Waals surface area contributed by atoms with E-state index in [9.17, 15) is 9.90 Å². The standard InChI is InChI=1S/C15H15Br2N3O2/c1-7-4-8(2)10-9(5-7)11(12(21)18-10)19-20-13(22)14(3)6-15(14,16)17/h4-5,18,21H,6H2,1-3H3/t14-/m1/s1. The lowest BCUT2D eigenvalue weighted by molar-refractivity contribution is -0.122. The minimum absolute atomic E-state index is 0.0786. The molecule has 0 aliphatic heterocycles. The Balaban J connectivity index is 2.00. The third-order valence-electron chi connectivity index (χ3n) is 4.17. The van der Waals surface area contributed by atoms with Gasteiger partial charge in [-0.1, -0.05) is 43.5 Å². The number of aromatic hydroxyl groups is 1. The first-order valence-electron chi connectivity index (χ1n) is 6.81. The van der Waals surface area contributed by atoms with E-state index in [2.05, 4.69) is 47.1 Å². The van der Waals surface area contributed by atoms with Crippen LogP contribution in [0.4, 0.5) is 5.69 Å². The Morgan fingerprint density at radius 2 is 2.00 bits per heavy atom. The molecule has 1 heterocycles. The Labute approximate surface area is 144 Å². The highest BCUT2D eigenvalue weighted by molar-refractivity contribution is 9.25. The number of nitrogens with zero attached hydrogens (tertiary/aromatic N) is 2. The van der Waals surface area contributed by atoms with Crippen molar-refractivity contribution < 1.29 is 9.90 Å². The molecule has 1 aliphatic carbocycles. The molecule has 1 amide bonds. The number of hydrogen-bond acceptors (Lipinski definition) is 3. The van der Waals surface area contributed by atoms with Gasteiger partial charge in [-0.15, -0.1) is 10.2 Å². The van der Waals surface area contributed by atoms with Crippen molar-refractivity contribution in [3.05, 3.63) is 23.3 Å². The maximum absolute atomic E-state index is 12.2. The van der Waals surface area contributed by atoms with Crippen LogP contribution in [-0.4, -0.2) is 19.2 Å². The Hall–Kier alpha value is -1.21. The van der Waals surface area contributed by atoms with Crippen molar-refractivity contribution in [1.82, 2.24) is 4.98 Å². The molecule has 0 saturated heterocycles. The summed E-state index contributed by atoms with van der Waals surface area (Å²) in [7, 11) is 0. The van der Waals surface area contributed by atoms with E-state index in [4.69, 9.17) is 0 Å². The molecule has 0 spiro atoms. The van der Waals surface area contributed by atoms with Gasteiger partial charge < -0.3 is 10.1 Å². The van der Waals surface area contributed by atoms with Crippen molar-refractivity contribution in [2.75, 3.05) is 0 Å². The van der Waals surface area contributed by atoms with Gasteiger partial charge in [0.1, 0.15) is 0 Å². The Bertz CT molecular complexity index is 826. The summed E-state index contributed by atoms with van der Waals surface area (Å²) < 4.78 is -0.404. The van der Waals surface area contributed by atoms with Gasteiger partial charge in [0.05, 0.1) is 14.2 Å². The molecule has 2 aromatic rings. The number of azo groups is 1. The molecule has 1 saturated carbocycles. The van der Waals surface area contributed by atoms with E-state index in [0.717, 1.165) is 22.0 Å². The maximum Gasteiger partial charge on any atom is 0.272 e. The summed E-state index contributed by atoms with van der Waals surface area (Å²) in [5, 5.41) is 18.6. The van der Waals surface area contributed by atoms with Crippen LogP contribution >= 0.6 is 31.9 Å². The zero-order valence-corrected chi connectivity index (χ0v) is 15.5. The van der Waals surface area contributed by atoms with Crippen molar-refractivity contribution >= 4 is 54.4 Å². The average Bonchev–Trinajstić information content (AvgIpc) is 2.77.